The summed E-state index contributed by atoms with van der Waals surface area (Å²) >= 11 is 0. The molecule has 0 fully saturated rings. The van der Waals surface area contributed by atoms with Crippen molar-refractivity contribution in [1.82, 2.24) is 20.0 Å². The fourth-order valence-corrected chi connectivity index (χ4v) is 1.80. The van der Waals surface area contributed by atoms with Crippen LogP contribution in [-0.4, -0.2) is 36.9 Å². The maximum Gasteiger partial charge on any atom is 0.307 e. The second kappa shape index (κ2) is 8.19. The SMILES string of the molecule is COc1ccc(Cn2cc([N+](=O)[O-])cn2)cc1.O=[N+]([O-])c1cn[nH]c1. The molecule has 0 unspecified atom stereocenters. The standard InChI is InChI=1S/C11H11N3O3.C3H3N3O2/c1-17-11-4-2-9(3-5-11)7-13-8-10(6-12-13)14(15)16;7-6(8)3-1-4-5-2-3/h2-6,8H,7H2,1H3;1-2H,(H,4,5). The zero-order valence-corrected chi connectivity index (χ0v) is 13.1. The van der Waals surface area contributed by atoms with E-state index in [-0.39, 0.29) is 11.4 Å². The van der Waals surface area contributed by atoms with Gasteiger partial charge in [0.25, 0.3) is 0 Å². The van der Waals surface area contributed by atoms with E-state index >= 15 is 0 Å². The topological polar surface area (TPSA) is 142 Å². The van der Waals surface area contributed by atoms with Crippen molar-refractivity contribution in [3.63, 3.8) is 0 Å². The number of nitro groups is 2. The molecule has 25 heavy (non-hydrogen) atoms. The van der Waals surface area contributed by atoms with Crippen molar-refractivity contribution in [2.24, 2.45) is 0 Å². The Morgan fingerprint density at radius 3 is 2.24 bits per heavy atom. The zero-order valence-electron chi connectivity index (χ0n) is 13.1. The summed E-state index contributed by atoms with van der Waals surface area (Å²) in [6.07, 6.45) is 5.02. The number of aromatic nitrogens is 4. The molecule has 0 radical (unpaired) electrons. The first kappa shape index (κ1) is 17.6. The van der Waals surface area contributed by atoms with E-state index in [0.29, 0.717) is 6.54 Å². The second-order valence-electron chi connectivity index (χ2n) is 4.71. The molecule has 2 heterocycles. The molecule has 11 nitrogen and oxygen atoms in total. The molecule has 0 spiro atoms. The highest BCUT2D eigenvalue weighted by Crippen LogP contribution is 2.13. The van der Waals surface area contributed by atoms with E-state index in [9.17, 15) is 20.2 Å². The summed E-state index contributed by atoms with van der Waals surface area (Å²) in [7, 11) is 1.60. The number of hydrogen-bond donors (Lipinski definition) is 1. The van der Waals surface area contributed by atoms with Crippen LogP contribution >= 0.6 is 0 Å². The summed E-state index contributed by atoms with van der Waals surface area (Å²) in [4.78, 5) is 19.3. The van der Waals surface area contributed by atoms with Gasteiger partial charge in [-0.05, 0) is 17.7 Å². The Morgan fingerprint density at radius 2 is 1.80 bits per heavy atom. The molecule has 11 heteroatoms. The minimum atomic E-state index is -0.510. The van der Waals surface area contributed by atoms with Crippen LogP contribution in [0.1, 0.15) is 5.56 Å². The lowest BCUT2D eigenvalue weighted by molar-refractivity contribution is -0.385. The Hall–Kier alpha value is -3.76. The fraction of sp³-hybridized carbons (Fsp3) is 0.143. The van der Waals surface area contributed by atoms with Crippen LogP contribution in [0.25, 0.3) is 0 Å². The van der Waals surface area contributed by atoms with Crippen LogP contribution in [0.5, 0.6) is 5.75 Å². The monoisotopic (exact) mass is 346 g/mol. The van der Waals surface area contributed by atoms with Gasteiger partial charge in [0, 0.05) is 0 Å². The number of rotatable bonds is 5. The molecule has 2 aromatic heterocycles. The molecule has 0 saturated heterocycles. The largest absolute Gasteiger partial charge is 0.497 e. The predicted molar refractivity (Wildman–Crippen MR) is 86.2 cm³/mol. The van der Waals surface area contributed by atoms with Gasteiger partial charge < -0.3 is 4.74 Å². The summed E-state index contributed by atoms with van der Waals surface area (Å²) in [6, 6.07) is 7.47. The van der Waals surface area contributed by atoms with E-state index < -0.39 is 9.85 Å². The van der Waals surface area contributed by atoms with Crippen molar-refractivity contribution in [3.05, 3.63) is 74.8 Å². The van der Waals surface area contributed by atoms with Gasteiger partial charge in [-0.1, -0.05) is 12.1 Å². The van der Waals surface area contributed by atoms with E-state index in [1.807, 2.05) is 24.3 Å². The average molecular weight is 346 g/mol. The van der Waals surface area contributed by atoms with Crippen LogP contribution in [0.3, 0.4) is 0 Å². The third-order valence-corrected chi connectivity index (χ3v) is 3.03. The molecule has 3 rings (SSSR count). The van der Waals surface area contributed by atoms with Crippen LogP contribution in [0, 0.1) is 20.2 Å². The molecule has 0 atom stereocenters. The zero-order chi connectivity index (χ0) is 18.2. The Kier molecular flexibility index (Phi) is 5.77. The molecule has 0 saturated carbocycles. The highest BCUT2D eigenvalue weighted by Gasteiger charge is 2.08. The number of hydrogen-bond acceptors (Lipinski definition) is 7. The van der Waals surface area contributed by atoms with Gasteiger partial charge in [-0.25, -0.2) is 0 Å². The van der Waals surface area contributed by atoms with Gasteiger partial charge in [-0.3, -0.25) is 30.0 Å². The Labute approximate surface area is 141 Å². The maximum atomic E-state index is 10.5. The normalized spacial score (nSPS) is 9.80. The van der Waals surface area contributed by atoms with Crippen molar-refractivity contribution in [1.29, 1.82) is 0 Å². The summed E-state index contributed by atoms with van der Waals surface area (Å²) in [5, 5.41) is 29.9. The van der Waals surface area contributed by atoms with E-state index in [2.05, 4.69) is 15.3 Å². The fourth-order valence-electron chi connectivity index (χ4n) is 1.80. The van der Waals surface area contributed by atoms with Crippen LogP contribution in [0.4, 0.5) is 11.4 Å². The number of aromatic amines is 1. The lowest BCUT2D eigenvalue weighted by Crippen LogP contribution is -1.99. The van der Waals surface area contributed by atoms with Crippen molar-refractivity contribution in [3.8, 4) is 5.75 Å². The van der Waals surface area contributed by atoms with Gasteiger partial charge in [0.2, 0.25) is 0 Å². The first-order chi connectivity index (χ1) is 12.0. The van der Waals surface area contributed by atoms with E-state index in [4.69, 9.17) is 4.74 Å². The van der Waals surface area contributed by atoms with Crippen molar-refractivity contribution >= 4 is 11.4 Å². The van der Waals surface area contributed by atoms with Crippen molar-refractivity contribution < 1.29 is 14.6 Å². The first-order valence-corrected chi connectivity index (χ1v) is 6.92. The van der Waals surface area contributed by atoms with Crippen molar-refractivity contribution in [2.45, 2.75) is 6.54 Å². The molecule has 3 aromatic rings. The van der Waals surface area contributed by atoms with Crippen LogP contribution in [0.2, 0.25) is 0 Å². The van der Waals surface area contributed by atoms with E-state index in [1.165, 1.54) is 23.3 Å². The summed E-state index contributed by atoms with van der Waals surface area (Å²) < 4.78 is 6.57. The molecular weight excluding hydrogens is 332 g/mol. The third-order valence-electron chi connectivity index (χ3n) is 3.03. The molecule has 0 aliphatic heterocycles. The molecular formula is C14H14N6O5. The van der Waals surface area contributed by atoms with Crippen LogP contribution in [0.15, 0.2) is 49.1 Å². The molecule has 130 valence electrons. The molecule has 0 aliphatic carbocycles. The van der Waals surface area contributed by atoms with Gasteiger partial charge in [-0.15, -0.1) is 0 Å². The second-order valence-corrected chi connectivity index (χ2v) is 4.71. The van der Waals surface area contributed by atoms with E-state index in [0.717, 1.165) is 17.5 Å². The van der Waals surface area contributed by atoms with E-state index in [1.54, 1.807) is 7.11 Å². The van der Waals surface area contributed by atoms with Gasteiger partial charge in [-0.2, -0.15) is 10.2 Å². The minimum Gasteiger partial charge on any atom is -0.497 e. The van der Waals surface area contributed by atoms with Crippen LogP contribution < -0.4 is 4.74 Å². The van der Waals surface area contributed by atoms with Gasteiger partial charge >= 0.3 is 11.4 Å². The summed E-state index contributed by atoms with van der Waals surface area (Å²) in [5.41, 5.74) is 0.993. The quantitative estimate of drug-likeness (QED) is 0.551. The predicted octanol–water partition coefficient (Wildman–Crippen LogP) is 2.17. The average Bonchev–Trinajstić information content (AvgIpc) is 3.28. The molecule has 1 aromatic carbocycles. The van der Waals surface area contributed by atoms with Gasteiger partial charge in [0.15, 0.2) is 0 Å². The lowest BCUT2D eigenvalue weighted by Gasteiger charge is -2.03. The number of H-pyrrole nitrogens is 1. The van der Waals surface area contributed by atoms with Gasteiger partial charge in [0.05, 0.1) is 29.7 Å². The third kappa shape index (κ3) is 5.13. The number of nitrogens with zero attached hydrogens (tertiary/aromatic N) is 5. The Balaban J connectivity index is 0.000000236. The van der Waals surface area contributed by atoms with Gasteiger partial charge in [0.1, 0.15) is 24.3 Å². The van der Waals surface area contributed by atoms with Crippen LogP contribution in [-0.2, 0) is 6.54 Å². The summed E-state index contributed by atoms with van der Waals surface area (Å²) in [5.74, 6) is 0.778. The molecule has 0 bridgehead atoms. The highest BCUT2D eigenvalue weighted by molar-refractivity contribution is 5.28. The summed E-state index contributed by atoms with van der Waals surface area (Å²) in [6.45, 7) is 0.498. The Morgan fingerprint density at radius 1 is 1.12 bits per heavy atom. The lowest BCUT2D eigenvalue weighted by atomic mass is 10.2. The number of ether oxygens (including phenoxy) is 1. The number of nitrogens with one attached hydrogen (secondary N) is 1. The maximum absolute atomic E-state index is 10.5. The number of benzene rings is 1. The van der Waals surface area contributed by atoms with Crippen molar-refractivity contribution in [2.75, 3.05) is 7.11 Å². The number of methoxy groups -OCH3 is 1. The first-order valence-electron chi connectivity index (χ1n) is 6.92. The smallest absolute Gasteiger partial charge is 0.307 e. The molecule has 0 amide bonds. The highest BCUT2D eigenvalue weighted by atomic mass is 16.6. The molecule has 1 N–H and O–H groups in total. The Bertz CT molecular complexity index is 828. The molecule has 0 aliphatic rings. The minimum absolute atomic E-state index is 0.00138.